The van der Waals surface area contributed by atoms with E-state index in [1.165, 1.54) is 43.3 Å². The number of fused-ring (bicyclic) bond motifs is 2. The maximum atomic E-state index is 13.0. The van der Waals surface area contributed by atoms with Crippen LogP contribution >= 0.6 is 0 Å². The van der Waals surface area contributed by atoms with Gasteiger partial charge in [0.25, 0.3) is 0 Å². The summed E-state index contributed by atoms with van der Waals surface area (Å²) in [5, 5.41) is 0.585. The Balaban J connectivity index is 2.26. The number of ketones is 1. The number of alkyl halides is 3. The van der Waals surface area contributed by atoms with Gasteiger partial charge in [0.2, 0.25) is 5.78 Å². The Labute approximate surface area is 175 Å². The van der Waals surface area contributed by atoms with Crippen LogP contribution in [-0.2, 0) is 19.6 Å². The quantitative estimate of drug-likeness (QED) is 0.257. The number of hydrogen-bond donors (Lipinski definition) is 1. The molecule has 0 fully saturated rings. The Hall–Kier alpha value is -3.40. The summed E-state index contributed by atoms with van der Waals surface area (Å²) in [4.78, 5) is 24.6. The summed E-state index contributed by atoms with van der Waals surface area (Å²) >= 11 is 0. The van der Waals surface area contributed by atoms with Crippen LogP contribution in [0.1, 0.15) is 17.3 Å². The minimum Gasteiger partial charge on any atom is -0.454 e. The summed E-state index contributed by atoms with van der Waals surface area (Å²) in [6.45, 7) is 4.23. The molecule has 0 radical (unpaired) electrons. The van der Waals surface area contributed by atoms with E-state index in [2.05, 4.69) is 6.58 Å². The van der Waals surface area contributed by atoms with Crippen molar-refractivity contribution in [2.24, 2.45) is 0 Å². The first kappa shape index (κ1) is 22.3. The Morgan fingerprint density at radius 1 is 0.968 bits per heavy atom. The smallest absolute Gasteiger partial charge is 0.454 e. The largest absolute Gasteiger partial charge is 0.516 e. The van der Waals surface area contributed by atoms with E-state index in [-0.39, 0.29) is 38.4 Å². The molecule has 0 atom stereocenters. The van der Waals surface area contributed by atoms with Crippen molar-refractivity contribution >= 4 is 49.0 Å². The third-order valence-corrected chi connectivity index (χ3v) is 5.52. The number of Topliss-reactive ketones (excluding diaryl/α,β-unsaturated/α-hetero) is 1. The SMILES string of the molecule is C=C(C)C(=O)OCC(=O)c1c2ccccc2c(NS(=O)(=O)C(F)(F)F)c2ccccc12. The van der Waals surface area contributed by atoms with Gasteiger partial charge in [-0.1, -0.05) is 55.1 Å². The second-order valence-corrected chi connectivity index (χ2v) is 8.35. The van der Waals surface area contributed by atoms with Gasteiger partial charge in [0.05, 0.1) is 5.69 Å². The molecule has 0 heterocycles. The third-order valence-electron chi connectivity index (χ3n) is 4.43. The molecule has 162 valence electrons. The van der Waals surface area contributed by atoms with Crippen LogP contribution in [0.2, 0.25) is 0 Å². The summed E-state index contributed by atoms with van der Waals surface area (Å²) in [7, 11) is -5.71. The molecule has 0 aliphatic heterocycles. The number of rotatable bonds is 6. The lowest BCUT2D eigenvalue weighted by Crippen LogP contribution is -2.30. The van der Waals surface area contributed by atoms with Crippen molar-refractivity contribution in [2.75, 3.05) is 11.3 Å². The molecule has 3 aromatic rings. The Kier molecular flexibility index (Phi) is 5.77. The lowest BCUT2D eigenvalue weighted by atomic mass is 9.93. The Bertz CT molecular complexity index is 1270. The number of hydrogen-bond acceptors (Lipinski definition) is 5. The normalized spacial score (nSPS) is 12.0. The number of ether oxygens (including phenoxy) is 1. The zero-order valence-corrected chi connectivity index (χ0v) is 16.9. The second kappa shape index (κ2) is 8.03. The number of carbonyl (C=O) groups excluding carboxylic acids is 2. The van der Waals surface area contributed by atoms with Gasteiger partial charge < -0.3 is 4.74 Å². The number of sulfonamides is 1. The summed E-state index contributed by atoms with van der Waals surface area (Å²) < 4.78 is 69.2. The van der Waals surface area contributed by atoms with Gasteiger partial charge in [0.15, 0.2) is 6.61 Å². The lowest BCUT2D eigenvalue weighted by Gasteiger charge is -2.18. The number of esters is 1. The van der Waals surface area contributed by atoms with Crippen molar-refractivity contribution in [3.05, 3.63) is 66.2 Å². The van der Waals surface area contributed by atoms with Crippen molar-refractivity contribution in [2.45, 2.75) is 12.4 Å². The van der Waals surface area contributed by atoms with E-state index in [1.54, 1.807) is 16.9 Å². The molecule has 0 saturated heterocycles. The van der Waals surface area contributed by atoms with Crippen LogP contribution in [0.25, 0.3) is 21.5 Å². The number of nitrogens with one attached hydrogen (secondary N) is 1. The van der Waals surface area contributed by atoms with Crippen molar-refractivity contribution in [3.8, 4) is 0 Å². The molecule has 0 bridgehead atoms. The van der Waals surface area contributed by atoms with E-state index >= 15 is 0 Å². The topological polar surface area (TPSA) is 89.5 Å². The molecule has 0 amide bonds. The van der Waals surface area contributed by atoms with Crippen LogP contribution in [0, 0.1) is 0 Å². The van der Waals surface area contributed by atoms with Crippen LogP contribution < -0.4 is 4.72 Å². The lowest BCUT2D eigenvalue weighted by molar-refractivity contribution is -0.137. The molecule has 1 N–H and O–H groups in total. The van der Waals surface area contributed by atoms with E-state index < -0.39 is 33.9 Å². The van der Waals surface area contributed by atoms with Crippen molar-refractivity contribution < 1.29 is 35.9 Å². The molecule has 0 unspecified atom stereocenters. The van der Waals surface area contributed by atoms with Crippen LogP contribution in [0.15, 0.2) is 60.7 Å². The van der Waals surface area contributed by atoms with E-state index in [0.29, 0.717) is 0 Å². The molecule has 31 heavy (non-hydrogen) atoms. The molecular weight excluding hydrogens is 435 g/mol. The maximum Gasteiger partial charge on any atom is 0.516 e. The number of benzene rings is 3. The van der Waals surface area contributed by atoms with Gasteiger partial charge in [0.1, 0.15) is 0 Å². The number of carbonyl (C=O) groups is 2. The molecule has 0 aliphatic rings. The highest BCUT2D eigenvalue weighted by Gasteiger charge is 2.46. The van der Waals surface area contributed by atoms with Crippen molar-refractivity contribution in [1.29, 1.82) is 0 Å². The number of halogens is 3. The molecule has 10 heteroatoms. The highest BCUT2D eigenvalue weighted by atomic mass is 32.2. The van der Waals surface area contributed by atoms with Crippen LogP contribution in [0.5, 0.6) is 0 Å². The summed E-state index contributed by atoms with van der Waals surface area (Å²) in [5.41, 5.74) is -5.64. The predicted octanol–water partition coefficient (Wildman–Crippen LogP) is 4.56. The number of anilines is 1. The molecule has 0 aliphatic carbocycles. The van der Waals surface area contributed by atoms with E-state index in [1.807, 2.05) is 0 Å². The minimum absolute atomic E-state index is 0.0867. The second-order valence-electron chi connectivity index (χ2n) is 6.67. The third kappa shape index (κ3) is 4.24. The van der Waals surface area contributed by atoms with Gasteiger partial charge in [-0.15, -0.1) is 0 Å². The molecule has 3 aromatic carbocycles. The van der Waals surface area contributed by atoms with Crippen LogP contribution in [0.3, 0.4) is 0 Å². The standard InChI is InChI=1S/C21H16F3NO5S/c1-12(2)20(27)30-11-17(26)18-13-7-3-5-9-15(13)19(16-10-6-4-8-14(16)18)25-31(28,29)21(22,23)24/h3-10,25H,1,11H2,2H3. The van der Waals surface area contributed by atoms with Gasteiger partial charge in [0, 0.05) is 21.9 Å². The summed E-state index contributed by atoms with van der Waals surface area (Å²) in [6, 6.07) is 11.8. The van der Waals surface area contributed by atoms with Gasteiger partial charge in [-0.2, -0.15) is 21.6 Å². The fraction of sp³-hybridized carbons (Fsp3) is 0.143. The highest BCUT2D eigenvalue weighted by Crippen LogP contribution is 2.39. The Morgan fingerprint density at radius 3 is 1.84 bits per heavy atom. The fourth-order valence-electron chi connectivity index (χ4n) is 3.06. The van der Waals surface area contributed by atoms with Gasteiger partial charge >= 0.3 is 21.5 Å². The first-order valence-electron chi connectivity index (χ1n) is 8.82. The molecule has 0 aromatic heterocycles. The van der Waals surface area contributed by atoms with Crippen LogP contribution in [0.4, 0.5) is 18.9 Å². The molecule has 0 spiro atoms. The zero-order chi connectivity index (χ0) is 23.0. The van der Waals surface area contributed by atoms with Crippen LogP contribution in [-0.4, -0.2) is 32.3 Å². The van der Waals surface area contributed by atoms with E-state index in [4.69, 9.17) is 4.74 Å². The molecule has 6 nitrogen and oxygen atoms in total. The predicted molar refractivity (Wildman–Crippen MR) is 110 cm³/mol. The fourth-order valence-corrected chi connectivity index (χ4v) is 3.66. The summed E-state index contributed by atoms with van der Waals surface area (Å²) in [5.74, 6) is -1.37. The first-order valence-corrected chi connectivity index (χ1v) is 10.3. The first-order chi connectivity index (χ1) is 14.4. The molecule has 3 rings (SSSR count). The van der Waals surface area contributed by atoms with E-state index in [9.17, 15) is 31.2 Å². The average Bonchev–Trinajstić information content (AvgIpc) is 2.70. The zero-order valence-electron chi connectivity index (χ0n) is 16.1. The monoisotopic (exact) mass is 451 g/mol. The van der Waals surface area contributed by atoms with Gasteiger partial charge in [-0.3, -0.25) is 9.52 Å². The maximum absolute atomic E-state index is 13.0. The van der Waals surface area contributed by atoms with Crippen molar-refractivity contribution in [1.82, 2.24) is 0 Å². The molecular formula is C21H16F3NO5S. The molecule has 0 saturated carbocycles. The van der Waals surface area contributed by atoms with Crippen molar-refractivity contribution in [3.63, 3.8) is 0 Å². The minimum atomic E-state index is -5.71. The van der Waals surface area contributed by atoms with E-state index in [0.717, 1.165) is 0 Å². The highest BCUT2D eigenvalue weighted by molar-refractivity contribution is 7.93. The van der Waals surface area contributed by atoms with Gasteiger partial charge in [-0.25, -0.2) is 4.79 Å². The summed E-state index contributed by atoms with van der Waals surface area (Å²) in [6.07, 6.45) is 0. The van der Waals surface area contributed by atoms with Gasteiger partial charge in [-0.05, 0) is 17.7 Å². The average molecular weight is 451 g/mol. The Morgan fingerprint density at radius 2 is 1.42 bits per heavy atom.